The number of methoxy groups -OCH3 is 1. The summed E-state index contributed by atoms with van der Waals surface area (Å²) in [6, 6.07) is 6.00. The lowest BCUT2D eigenvalue weighted by molar-refractivity contribution is -0.119. The van der Waals surface area contributed by atoms with Crippen molar-refractivity contribution in [3.8, 4) is 0 Å². The van der Waals surface area contributed by atoms with Gasteiger partial charge in [0.2, 0.25) is 0 Å². The van der Waals surface area contributed by atoms with Crippen LogP contribution in [-0.2, 0) is 16.1 Å². The number of rotatable bonds is 6. The van der Waals surface area contributed by atoms with Crippen molar-refractivity contribution >= 4 is 28.2 Å². The van der Waals surface area contributed by atoms with Gasteiger partial charge in [0.05, 0.1) is 5.69 Å². The molecule has 0 aromatic carbocycles. The van der Waals surface area contributed by atoms with E-state index in [1.54, 1.807) is 0 Å². The summed E-state index contributed by atoms with van der Waals surface area (Å²) >= 11 is 1.44. The first-order chi connectivity index (χ1) is 11.7. The van der Waals surface area contributed by atoms with Crippen LogP contribution >= 0.6 is 11.3 Å². The summed E-state index contributed by atoms with van der Waals surface area (Å²) < 4.78 is 4.80. The summed E-state index contributed by atoms with van der Waals surface area (Å²) in [6.45, 7) is 4.70. The van der Waals surface area contributed by atoms with E-state index >= 15 is 0 Å². The molecule has 1 amide bonds. The molecule has 0 spiro atoms. The molecule has 0 bridgehead atoms. The standard InChI is InChI=1S/C16H21N5O2S/c1-23-11-15(22)19-16-18-13(12-24-16)10-20-6-8-21(9-7-20)14-4-2-3-5-17-14/h2-5,12H,6-11H2,1H3,(H,18,19,22). The number of hydrogen-bond acceptors (Lipinski definition) is 7. The number of ether oxygens (including phenoxy) is 1. The van der Waals surface area contributed by atoms with Crippen molar-refractivity contribution in [1.29, 1.82) is 0 Å². The van der Waals surface area contributed by atoms with Gasteiger partial charge in [0.15, 0.2) is 5.13 Å². The van der Waals surface area contributed by atoms with Gasteiger partial charge in [-0.05, 0) is 12.1 Å². The SMILES string of the molecule is COCC(=O)Nc1nc(CN2CCN(c3ccccn3)CC2)cs1. The second kappa shape index (κ2) is 8.18. The lowest BCUT2D eigenvalue weighted by Crippen LogP contribution is -2.46. The van der Waals surface area contributed by atoms with Gasteiger partial charge in [-0.25, -0.2) is 9.97 Å². The average molecular weight is 347 g/mol. The number of carbonyl (C=O) groups excluding carboxylic acids is 1. The summed E-state index contributed by atoms with van der Waals surface area (Å²) in [5.41, 5.74) is 0.985. The van der Waals surface area contributed by atoms with Gasteiger partial charge in [-0.15, -0.1) is 11.3 Å². The fourth-order valence-corrected chi connectivity index (χ4v) is 3.35. The van der Waals surface area contributed by atoms with E-state index in [1.165, 1.54) is 18.4 Å². The van der Waals surface area contributed by atoms with Crippen molar-refractivity contribution in [2.24, 2.45) is 0 Å². The highest BCUT2D eigenvalue weighted by Gasteiger charge is 2.18. The molecule has 7 nitrogen and oxygen atoms in total. The molecule has 128 valence electrons. The summed E-state index contributed by atoms with van der Waals surface area (Å²) in [6.07, 6.45) is 1.83. The first-order valence-corrected chi connectivity index (χ1v) is 8.74. The van der Waals surface area contributed by atoms with Gasteiger partial charge in [0, 0.05) is 51.4 Å². The molecule has 2 aromatic rings. The highest BCUT2D eigenvalue weighted by atomic mass is 32.1. The van der Waals surface area contributed by atoms with Crippen LogP contribution in [0.3, 0.4) is 0 Å². The monoisotopic (exact) mass is 347 g/mol. The molecular weight excluding hydrogens is 326 g/mol. The van der Waals surface area contributed by atoms with Gasteiger partial charge in [0.25, 0.3) is 5.91 Å². The Labute approximate surface area is 145 Å². The number of piperazine rings is 1. The minimum Gasteiger partial charge on any atom is -0.375 e. The lowest BCUT2D eigenvalue weighted by Gasteiger charge is -2.35. The summed E-state index contributed by atoms with van der Waals surface area (Å²) in [5.74, 6) is 0.858. The van der Waals surface area contributed by atoms with E-state index in [9.17, 15) is 4.79 Å². The van der Waals surface area contributed by atoms with Crippen molar-refractivity contribution in [3.05, 3.63) is 35.5 Å². The van der Waals surface area contributed by atoms with Gasteiger partial charge >= 0.3 is 0 Å². The number of nitrogens with one attached hydrogen (secondary N) is 1. The molecule has 1 aliphatic heterocycles. The minimum atomic E-state index is -0.178. The quantitative estimate of drug-likeness (QED) is 0.853. The molecule has 24 heavy (non-hydrogen) atoms. The van der Waals surface area contributed by atoms with E-state index in [0.29, 0.717) is 5.13 Å². The molecule has 0 atom stereocenters. The van der Waals surface area contributed by atoms with Crippen molar-refractivity contribution in [1.82, 2.24) is 14.9 Å². The molecule has 3 rings (SSSR count). The molecule has 1 aliphatic rings. The predicted octanol–water partition coefficient (Wildman–Crippen LogP) is 1.45. The number of pyridine rings is 1. The molecule has 3 heterocycles. The number of amides is 1. The van der Waals surface area contributed by atoms with Crippen LogP contribution in [0.15, 0.2) is 29.8 Å². The van der Waals surface area contributed by atoms with Gasteiger partial charge in [-0.2, -0.15) is 0 Å². The first-order valence-electron chi connectivity index (χ1n) is 7.86. The third-order valence-corrected chi connectivity index (χ3v) is 4.61. The largest absolute Gasteiger partial charge is 0.375 e. The molecule has 0 saturated carbocycles. The van der Waals surface area contributed by atoms with Gasteiger partial charge in [0.1, 0.15) is 12.4 Å². The third-order valence-electron chi connectivity index (χ3n) is 3.80. The Morgan fingerprint density at radius 3 is 2.88 bits per heavy atom. The lowest BCUT2D eigenvalue weighted by atomic mass is 10.3. The maximum absolute atomic E-state index is 11.5. The van der Waals surface area contributed by atoms with E-state index in [-0.39, 0.29) is 12.5 Å². The van der Waals surface area contributed by atoms with Crippen molar-refractivity contribution in [2.75, 3.05) is 50.1 Å². The van der Waals surface area contributed by atoms with Crippen LogP contribution in [0.1, 0.15) is 5.69 Å². The number of nitrogens with zero attached hydrogens (tertiary/aromatic N) is 4. The van der Waals surface area contributed by atoms with Crippen LogP contribution in [-0.4, -0.2) is 60.7 Å². The van der Waals surface area contributed by atoms with Crippen LogP contribution in [0, 0.1) is 0 Å². The van der Waals surface area contributed by atoms with Crippen LogP contribution in [0.4, 0.5) is 10.9 Å². The zero-order valence-corrected chi connectivity index (χ0v) is 14.5. The maximum Gasteiger partial charge on any atom is 0.252 e. The molecule has 0 unspecified atom stereocenters. The average Bonchev–Trinajstić information content (AvgIpc) is 3.03. The molecule has 8 heteroatoms. The van der Waals surface area contributed by atoms with E-state index in [0.717, 1.165) is 44.2 Å². The maximum atomic E-state index is 11.5. The molecule has 1 N–H and O–H groups in total. The topological polar surface area (TPSA) is 70.6 Å². The van der Waals surface area contributed by atoms with Crippen LogP contribution in [0.5, 0.6) is 0 Å². The van der Waals surface area contributed by atoms with Crippen molar-refractivity contribution in [2.45, 2.75) is 6.54 Å². The number of carbonyl (C=O) groups is 1. The number of anilines is 2. The summed E-state index contributed by atoms with van der Waals surface area (Å²) in [4.78, 5) is 25.0. The second-order valence-electron chi connectivity index (χ2n) is 5.58. The van der Waals surface area contributed by atoms with Crippen molar-refractivity contribution < 1.29 is 9.53 Å². The second-order valence-corrected chi connectivity index (χ2v) is 6.43. The molecule has 0 aliphatic carbocycles. The Morgan fingerprint density at radius 2 is 2.17 bits per heavy atom. The van der Waals surface area contributed by atoms with Crippen LogP contribution in [0.2, 0.25) is 0 Å². The normalized spacial score (nSPS) is 15.5. The zero-order chi connectivity index (χ0) is 16.8. The molecule has 2 aromatic heterocycles. The predicted molar refractivity (Wildman–Crippen MR) is 94.3 cm³/mol. The number of aromatic nitrogens is 2. The Bertz CT molecular complexity index is 655. The summed E-state index contributed by atoms with van der Waals surface area (Å²) in [5, 5.41) is 5.36. The molecule has 1 fully saturated rings. The van der Waals surface area contributed by atoms with E-state index in [2.05, 4.69) is 25.1 Å². The van der Waals surface area contributed by atoms with Gasteiger partial charge in [-0.1, -0.05) is 6.07 Å². The first kappa shape index (κ1) is 16.8. The fraction of sp³-hybridized carbons (Fsp3) is 0.438. The number of hydrogen-bond donors (Lipinski definition) is 1. The Morgan fingerprint density at radius 1 is 1.33 bits per heavy atom. The van der Waals surface area contributed by atoms with E-state index in [4.69, 9.17) is 4.74 Å². The highest BCUT2D eigenvalue weighted by Crippen LogP contribution is 2.18. The van der Waals surface area contributed by atoms with Gasteiger partial charge < -0.3 is 9.64 Å². The highest BCUT2D eigenvalue weighted by molar-refractivity contribution is 7.13. The Kier molecular flexibility index (Phi) is 5.73. The van der Waals surface area contributed by atoms with E-state index < -0.39 is 0 Å². The minimum absolute atomic E-state index is 0.0460. The van der Waals surface area contributed by atoms with Gasteiger partial charge in [-0.3, -0.25) is 15.0 Å². The number of thiazole rings is 1. The molecule has 0 radical (unpaired) electrons. The van der Waals surface area contributed by atoms with Crippen molar-refractivity contribution in [3.63, 3.8) is 0 Å². The van der Waals surface area contributed by atoms with E-state index in [1.807, 2.05) is 29.8 Å². The summed E-state index contributed by atoms with van der Waals surface area (Å²) in [7, 11) is 1.50. The fourth-order valence-electron chi connectivity index (χ4n) is 2.63. The zero-order valence-electron chi connectivity index (χ0n) is 13.6. The smallest absolute Gasteiger partial charge is 0.252 e. The Hall–Kier alpha value is -2.03. The third kappa shape index (κ3) is 4.50. The van der Waals surface area contributed by atoms with Crippen LogP contribution in [0.25, 0.3) is 0 Å². The molecular formula is C16H21N5O2S. The molecule has 1 saturated heterocycles. The van der Waals surface area contributed by atoms with Crippen LogP contribution < -0.4 is 10.2 Å². The Balaban J connectivity index is 1.48.